The normalized spacial score (nSPS) is 13.1. The van der Waals surface area contributed by atoms with E-state index in [1.165, 1.54) is 0 Å². The molecule has 1 aliphatic rings. The minimum absolute atomic E-state index is 0.00794. The summed E-state index contributed by atoms with van der Waals surface area (Å²) in [6.07, 6.45) is 3.38. The summed E-state index contributed by atoms with van der Waals surface area (Å²) in [5.41, 5.74) is 2.75. The molecule has 0 aliphatic carbocycles. The molecule has 2 N–H and O–H groups in total. The van der Waals surface area contributed by atoms with Crippen LogP contribution in [0.15, 0.2) is 36.7 Å². The molecular formula is C15H16N2O3. The van der Waals surface area contributed by atoms with Crippen molar-refractivity contribution in [1.29, 1.82) is 0 Å². The number of nitrogens with one attached hydrogen (secondary N) is 1. The van der Waals surface area contributed by atoms with Gasteiger partial charge in [0.2, 0.25) is 0 Å². The number of anilines is 1. The number of nitrogens with zero attached hydrogens (tertiary/aromatic N) is 1. The van der Waals surface area contributed by atoms with E-state index in [0.717, 1.165) is 28.3 Å². The molecule has 0 amide bonds. The van der Waals surface area contributed by atoms with Crippen LogP contribution in [0.4, 0.5) is 5.69 Å². The van der Waals surface area contributed by atoms with Crippen LogP contribution < -0.4 is 14.8 Å². The van der Waals surface area contributed by atoms with Crippen molar-refractivity contribution in [3.8, 4) is 11.5 Å². The van der Waals surface area contributed by atoms with E-state index in [0.29, 0.717) is 19.8 Å². The monoisotopic (exact) mass is 272 g/mol. The van der Waals surface area contributed by atoms with Crippen LogP contribution in [0.25, 0.3) is 0 Å². The highest BCUT2D eigenvalue weighted by Gasteiger charge is 2.11. The second-order valence-corrected chi connectivity index (χ2v) is 4.52. The molecule has 0 spiro atoms. The summed E-state index contributed by atoms with van der Waals surface area (Å²) in [7, 11) is 0. The lowest BCUT2D eigenvalue weighted by Gasteiger charge is -2.19. The Labute approximate surface area is 117 Å². The Morgan fingerprint density at radius 1 is 1.15 bits per heavy atom. The van der Waals surface area contributed by atoms with Crippen LogP contribution in [-0.4, -0.2) is 23.3 Å². The van der Waals surface area contributed by atoms with Gasteiger partial charge in [-0.15, -0.1) is 0 Å². The van der Waals surface area contributed by atoms with E-state index in [1.54, 1.807) is 18.5 Å². The SMILES string of the molecule is OCc1ccncc1NCc1ccc2c(c1)OCCO2. The zero-order valence-electron chi connectivity index (χ0n) is 11.0. The highest BCUT2D eigenvalue weighted by atomic mass is 16.6. The minimum Gasteiger partial charge on any atom is -0.486 e. The van der Waals surface area contributed by atoms with E-state index in [4.69, 9.17) is 9.47 Å². The van der Waals surface area contributed by atoms with Crippen molar-refractivity contribution in [2.75, 3.05) is 18.5 Å². The number of hydrogen-bond acceptors (Lipinski definition) is 5. The second kappa shape index (κ2) is 5.79. The molecular weight excluding hydrogens is 256 g/mol. The van der Waals surface area contributed by atoms with Gasteiger partial charge in [0.05, 0.1) is 18.5 Å². The number of aliphatic hydroxyl groups excluding tert-OH is 1. The lowest BCUT2D eigenvalue weighted by atomic mass is 10.1. The molecule has 0 unspecified atom stereocenters. The summed E-state index contributed by atoms with van der Waals surface area (Å²) in [5.74, 6) is 1.57. The van der Waals surface area contributed by atoms with Gasteiger partial charge in [0.25, 0.3) is 0 Å². The van der Waals surface area contributed by atoms with Crippen molar-refractivity contribution >= 4 is 5.69 Å². The first-order chi connectivity index (χ1) is 9.86. The van der Waals surface area contributed by atoms with Crippen LogP contribution in [-0.2, 0) is 13.2 Å². The van der Waals surface area contributed by atoms with Gasteiger partial charge in [-0.25, -0.2) is 0 Å². The standard InChI is InChI=1S/C15H16N2O3/c18-10-12-3-4-16-9-13(12)17-8-11-1-2-14-15(7-11)20-6-5-19-14/h1-4,7,9,17-18H,5-6,8,10H2. The first kappa shape index (κ1) is 12.7. The van der Waals surface area contributed by atoms with E-state index < -0.39 is 0 Å². The Morgan fingerprint density at radius 2 is 2.00 bits per heavy atom. The first-order valence-electron chi connectivity index (χ1n) is 6.53. The highest BCUT2D eigenvalue weighted by molar-refractivity contribution is 5.50. The van der Waals surface area contributed by atoms with Crippen LogP contribution in [0.1, 0.15) is 11.1 Å². The maximum atomic E-state index is 9.27. The molecule has 0 atom stereocenters. The molecule has 5 heteroatoms. The van der Waals surface area contributed by atoms with Gasteiger partial charge in [-0.3, -0.25) is 4.98 Å². The van der Waals surface area contributed by atoms with Gasteiger partial charge >= 0.3 is 0 Å². The summed E-state index contributed by atoms with van der Waals surface area (Å²) in [6, 6.07) is 7.68. The molecule has 5 nitrogen and oxygen atoms in total. The maximum Gasteiger partial charge on any atom is 0.161 e. The predicted molar refractivity (Wildman–Crippen MR) is 74.9 cm³/mol. The van der Waals surface area contributed by atoms with Gasteiger partial charge in [-0.1, -0.05) is 6.07 Å². The predicted octanol–water partition coefficient (Wildman–Crippen LogP) is 1.96. The number of ether oxygens (including phenoxy) is 2. The maximum absolute atomic E-state index is 9.27. The number of benzene rings is 1. The zero-order chi connectivity index (χ0) is 13.8. The number of aliphatic hydroxyl groups is 1. The van der Waals surface area contributed by atoms with Crippen LogP contribution in [0.5, 0.6) is 11.5 Å². The molecule has 1 aliphatic heterocycles. The van der Waals surface area contributed by atoms with Crippen LogP contribution >= 0.6 is 0 Å². The lowest BCUT2D eigenvalue weighted by molar-refractivity contribution is 0.171. The van der Waals surface area contributed by atoms with Gasteiger partial charge in [-0.05, 0) is 23.8 Å². The molecule has 104 valence electrons. The van der Waals surface area contributed by atoms with Crippen molar-refractivity contribution in [2.45, 2.75) is 13.2 Å². The third-order valence-electron chi connectivity index (χ3n) is 3.17. The smallest absolute Gasteiger partial charge is 0.161 e. The van der Waals surface area contributed by atoms with Gasteiger partial charge in [0.15, 0.2) is 11.5 Å². The van der Waals surface area contributed by atoms with Crippen molar-refractivity contribution in [3.05, 3.63) is 47.8 Å². The lowest BCUT2D eigenvalue weighted by Crippen LogP contribution is -2.15. The van der Waals surface area contributed by atoms with Crippen molar-refractivity contribution in [2.24, 2.45) is 0 Å². The molecule has 0 saturated carbocycles. The third-order valence-corrected chi connectivity index (χ3v) is 3.17. The van der Waals surface area contributed by atoms with E-state index in [2.05, 4.69) is 10.3 Å². The fourth-order valence-electron chi connectivity index (χ4n) is 2.12. The van der Waals surface area contributed by atoms with Crippen molar-refractivity contribution < 1.29 is 14.6 Å². The summed E-state index contributed by atoms with van der Waals surface area (Å²) in [5, 5.41) is 12.5. The van der Waals surface area contributed by atoms with Crippen LogP contribution in [0, 0.1) is 0 Å². The van der Waals surface area contributed by atoms with Gasteiger partial charge in [0.1, 0.15) is 13.2 Å². The zero-order valence-corrected chi connectivity index (χ0v) is 11.0. The van der Waals surface area contributed by atoms with Crippen LogP contribution in [0.2, 0.25) is 0 Å². The fraction of sp³-hybridized carbons (Fsp3) is 0.267. The summed E-state index contributed by atoms with van der Waals surface area (Å²) in [6.45, 7) is 1.81. The second-order valence-electron chi connectivity index (χ2n) is 4.52. The van der Waals surface area contributed by atoms with Crippen LogP contribution in [0.3, 0.4) is 0 Å². The minimum atomic E-state index is -0.00794. The molecule has 1 aromatic carbocycles. The number of rotatable bonds is 4. The number of pyridine rings is 1. The molecule has 0 saturated heterocycles. The Morgan fingerprint density at radius 3 is 2.85 bits per heavy atom. The van der Waals surface area contributed by atoms with Gasteiger partial charge in [0, 0.05) is 18.3 Å². The largest absolute Gasteiger partial charge is 0.486 e. The summed E-state index contributed by atoms with van der Waals surface area (Å²) in [4.78, 5) is 4.06. The van der Waals surface area contributed by atoms with Crippen molar-refractivity contribution in [3.63, 3.8) is 0 Å². The number of aromatic nitrogens is 1. The molecule has 1 aromatic heterocycles. The fourth-order valence-corrected chi connectivity index (χ4v) is 2.12. The Bertz CT molecular complexity index is 601. The third kappa shape index (κ3) is 2.67. The average Bonchev–Trinajstić information content (AvgIpc) is 2.53. The number of fused-ring (bicyclic) bond motifs is 1. The molecule has 2 heterocycles. The first-order valence-corrected chi connectivity index (χ1v) is 6.53. The average molecular weight is 272 g/mol. The number of hydrogen-bond donors (Lipinski definition) is 2. The molecule has 0 radical (unpaired) electrons. The van der Waals surface area contributed by atoms with Crippen molar-refractivity contribution in [1.82, 2.24) is 4.98 Å². The molecule has 20 heavy (non-hydrogen) atoms. The molecule has 3 rings (SSSR count). The van der Waals surface area contributed by atoms with Gasteiger partial charge < -0.3 is 19.9 Å². The molecule has 0 bridgehead atoms. The Kier molecular flexibility index (Phi) is 3.69. The summed E-state index contributed by atoms with van der Waals surface area (Å²) >= 11 is 0. The quantitative estimate of drug-likeness (QED) is 0.890. The van der Waals surface area contributed by atoms with Gasteiger partial charge in [-0.2, -0.15) is 0 Å². The Balaban J connectivity index is 1.72. The van der Waals surface area contributed by atoms with E-state index in [-0.39, 0.29) is 6.61 Å². The highest BCUT2D eigenvalue weighted by Crippen LogP contribution is 2.31. The summed E-state index contributed by atoms with van der Waals surface area (Å²) < 4.78 is 11.0. The van der Waals surface area contributed by atoms with E-state index >= 15 is 0 Å². The molecule has 2 aromatic rings. The van der Waals surface area contributed by atoms with E-state index in [9.17, 15) is 5.11 Å². The Hall–Kier alpha value is -2.27. The molecule has 0 fully saturated rings. The van der Waals surface area contributed by atoms with E-state index in [1.807, 2.05) is 18.2 Å². The topological polar surface area (TPSA) is 63.6 Å².